The second-order valence-electron chi connectivity index (χ2n) is 15.8. The molecule has 0 saturated heterocycles. The molecule has 1 aliphatic carbocycles. The van der Waals surface area contributed by atoms with E-state index in [1.165, 1.54) is 33.5 Å². The zero-order chi connectivity index (χ0) is 36.6. The van der Waals surface area contributed by atoms with E-state index in [0.29, 0.717) is 0 Å². The summed E-state index contributed by atoms with van der Waals surface area (Å²) in [6.07, 6.45) is 0.969. The van der Waals surface area contributed by atoms with Crippen molar-refractivity contribution < 1.29 is 5.11 Å². The number of phenolic OH excluding ortho intramolecular Hbond substituents is 1. The lowest BCUT2D eigenvalue weighted by Crippen LogP contribution is -2.38. The third kappa shape index (κ3) is 5.66. The van der Waals surface area contributed by atoms with Gasteiger partial charge in [-0.2, -0.15) is 0 Å². The number of aliphatic imine (C=N–C) groups is 1. The Labute approximate surface area is 316 Å². The fourth-order valence-corrected chi connectivity index (χ4v) is 9.53. The lowest BCUT2D eigenvalue weighted by molar-refractivity contribution is 0.478. The van der Waals surface area contributed by atoms with Crippen LogP contribution in [0.2, 0.25) is 0 Å². The number of thiazole rings is 1. The number of amidine groups is 1. The summed E-state index contributed by atoms with van der Waals surface area (Å²) in [5.74, 6) is 1.29. The number of rotatable bonds is 5. The molecule has 53 heavy (non-hydrogen) atoms. The third-order valence-electron chi connectivity index (χ3n) is 11.0. The number of para-hydroxylation sites is 1. The van der Waals surface area contributed by atoms with Gasteiger partial charge in [-0.15, -0.1) is 11.3 Å². The first-order valence-electron chi connectivity index (χ1n) is 18.5. The Hall–Kier alpha value is -5.52. The summed E-state index contributed by atoms with van der Waals surface area (Å²) in [6, 6.07) is 43.4. The van der Waals surface area contributed by atoms with Crippen LogP contribution in [-0.4, -0.2) is 22.0 Å². The van der Waals surface area contributed by atoms with Crippen molar-refractivity contribution >= 4 is 33.1 Å². The molecule has 0 bridgehead atoms. The molecule has 9 rings (SSSR count). The molecule has 6 aromatic carbocycles. The van der Waals surface area contributed by atoms with Crippen molar-refractivity contribution in [3.05, 3.63) is 160 Å². The summed E-state index contributed by atoms with van der Waals surface area (Å²) in [6.45, 7) is 13.3. The maximum Gasteiger partial charge on any atom is 0.136 e. The van der Waals surface area contributed by atoms with Crippen LogP contribution in [0.4, 0.5) is 5.69 Å². The lowest BCUT2D eigenvalue weighted by Gasteiger charge is -2.31. The number of aryl methyl sites for hydroxylation is 3. The van der Waals surface area contributed by atoms with Gasteiger partial charge in [0.05, 0.1) is 27.9 Å². The van der Waals surface area contributed by atoms with E-state index in [-0.39, 0.29) is 23.2 Å². The van der Waals surface area contributed by atoms with Crippen LogP contribution in [-0.2, 0) is 11.8 Å². The van der Waals surface area contributed by atoms with Gasteiger partial charge in [0, 0.05) is 22.4 Å². The Morgan fingerprint density at radius 3 is 2.15 bits per heavy atom. The van der Waals surface area contributed by atoms with Crippen LogP contribution in [0.1, 0.15) is 65.8 Å². The van der Waals surface area contributed by atoms with Crippen molar-refractivity contribution in [2.24, 2.45) is 4.99 Å². The predicted octanol–water partition coefficient (Wildman–Crippen LogP) is 12.2. The number of aromatic hydroxyl groups is 1. The van der Waals surface area contributed by atoms with Gasteiger partial charge in [-0.25, -0.2) is 4.98 Å². The highest BCUT2D eigenvalue weighted by molar-refractivity contribution is 7.21. The van der Waals surface area contributed by atoms with Gasteiger partial charge in [0.25, 0.3) is 0 Å². The first-order valence-corrected chi connectivity index (χ1v) is 19.3. The highest BCUT2D eigenvalue weighted by Crippen LogP contribution is 2.48. The van der Waals surface area contributed by atoms with Crippen LogP contribution in [0, 0.1) is 20.8 Å². The van der Waals surface area contributed by atoms with Crippen molar-refractivity contribution in [3.8, 4) is 38.6 Å². The normalized spacial score (nSPS) is 16.6. The minimum Gasteiger partial charge on any atom is -0.507 e. The van der Waals surface area contributed by atoms with Gasteiger partial charge in [-0.1, -0.05) is 123 Å². The average Bonchev–Trinajstić information content (AvgIpc) is 3.84. The zero-order valence-corrected chi connectivity index (χ0v) is 31.9. The summed E-state index contributed by atoms with van der Waals surface area (Å²) in [5, 5.41) is 12.6. The fraction of sp³-hybridized carbons (Fsp3) is 0.208. The van der Waals surface area contributed by atoms with E-state index in [0.717, 1.165) is 66.4 Å². The molecule has 2 aliphatic rings. The second-order valence-corrected chi connectivity index (χ2v) is 16.8. The number of anilines is 1. The topological polar surface area (TPSA) is 48.7 Å². The van der Waals surface area contributed by atoms with Gasteiger partial charge >= 0.3 is 0 Å². The Balaban J connectivity index is 1.17. The molecule has 262 valence electrons. The van der Waals surface area contributed by atoms with Crippen LogP contribution in [0.25, 0.3) is 43.0 Å². The lowest BCUT2D eigenvalue weighted by atomic mass is 9.83. The fourth-order valence-electron chi connectivity index (χ4n) is 8.52. The van der Waals surface area contributed by atoms with Gasteiger partial charge in [0.15, 0.2) is 0 Å². The van der Waals surface area contributed by atoms with Crippen LogP contribution in [0.15, 0.2) is 126 Å². The van der Waals surface area contributed by atoms with Crippen LogP contribution in [0.3, 0.4) is 0 Å². The number of fused-ring (bicyclic) bond motifs is 4. The first-order chi connectivity index (χ1) is 25.5. The number of phenols is 1. The van der Waals surface area contributed by atoms with E-state index in [1.54, 1.807) is 11.3 Å². The van der Waals surface area contributed by atoms with Gasteiger partial charge < -0.3 is 10.0 Å². The molecule has 5 heteroatoms. The maximum atomic E-state index is 11.8. The molecule has 0 amide bonds. The zero-order valence-electron chi connectivity index (χ0n) is 31.1. The van der Waals surface area contributed by atoms with Gasteiger partial charge in [0.1, 0.15) is 16.6 Å². The molecule has 1 aromatic heterocycles. The summed E-state index contributed by atoms with van der Waals surface area (Å²) in [7, 11) is 0. The van der Waals surface area contributed by atoms with Crippen molar-refractivity contribution in [1.29, 1.82) is 0 Å². The average molecular weight is 710 g/mol. The van der Waals surface area contributed by atoms with Crippen molar-refractivity contribution in [1.82, 2.24) is 4.98 Å². The standard InChI is InChI=1S/C48H43N3OS/c1-28-22-29(2)44(30(3)23-28)51-40-25-33-16-10-11-19-36(33)42(40)49-46(51)34-18-12-17-32(24-34)37-20-13-21-41-43(37)50-47(53-41)39-27-35(48(4,5)6)26-38(45(39)52)31-14-8-7-9-15-31/h7-24,26-27,40,42,52H,25H2,1-6H3/t40-,42+/m1/s1. The molecular weight excluding hydrogens is 667 g/mol. The smallest absolute Gasteiger partial charge is 0.136 e. The van der Waals surface area contributed by atoms with E-state index < -0.39 is 0 Å². The van der Waals surface area contributed by atoms with Crippen LogP contribution >= 0.6 is 11.3 Å². The Morgan fingerprint density at radius 2 is 1.38 bits per heavy atom. The Bertz CT molecular complexity index is 2570. The van der Waals surface area contributed by atoms with E-state index >= 15 is 0 Å². The minimum atomic E-state index is -0.110. The number of hydrogen-bond donors (Lipinski definition) is 1. The van der Waals surface area contributed by atoms with Gasteiger partial charge in [-0.05, 0) is 95.8 Å². The molecule has 2 heterocycles. The molecule has 2 atom stereocenters. The minimum absolute atomic E-state index is 0.0896. The molecule has 0 radical (unpaired) electrons. The third-order valence-corrected chi connectivity index (χ3v) is 12.1. The molecule has 0 spiro atoms. The summed E-state index contributed by atoms with van der Waals surface area (Å²) < 4.78 is 1.08. The Morgan fingerprint density at radius 1 is 0.698 bits per heavy atom. The number of aromatic nitrogens is 1. The Kier molecular flexibility index (Phi) is 7.90. The second kappa shape index (κ2) is 12.6. The van der Waals surface area contributed by atoms with Crippen LogP contribution in [0.5, 0.6) is 5.75 Å². The molecule has 0 unspecified atom stereocenters. The molecule has 0 fully saturated rings. The van der Waals surface area contributed by atoms with Crippen molar-refractivity contribution in [3.63, 3.8) is 0 Å². The molecule has 1 N–H and O–H groups in total. The molecular formula is C48H43N3OS. The van der Waals surface area contributed by atoms with Crippen molar-refractivity contribution in [2.75, 3.05) is 4.90 Å². The number of nitrogens with zero attached hydrogens (tertiary/aromatic N) is 3. The largest absolute Gasteiger partial charge is 0.507 e. The quantitative estimate of drug-likeness (QED) is 0.194. The van der Waals surface area contributed by atoms with E-state index in [2.05, 4.69) is 150 Å². The molecule has 4 nitrogen and oxygen atoms in total. The first kappa shape index (κ1) is 33.3. The summed E-state index contributed by atoms with van der Waals surface area (Å²) in [5.41, 5.74) is 15.7. The summed E-state index contributed by atoms with van der Waals surface area (Å²) >= 11 is 1.63. The highest BCUT2D eigenvalue weighted by atomic mass is 32.1. The number of benzene rings is 6. The maximum absolute atomic E-state index is 11.8. The van der Waals surface area contributed by atoms with Gasteiger partial charge in [-0.3, -0.25) is 4.99 Å². The highest BCUT2D eigenvalue weighted by Gasteiger charge is 2.44. The molecule has 7 aromatic rings. The molecule has 1 aliphatic heterocycles. The molecule has 0 saturated carbocycles. The summed E-state index contributed by atoms with van der Waals surface area (Å²) in [4.78, 5) is 13.4. The monoisotopic (exact) mass is 709 g/mol. The van der Waals surface area contributed by atoms with Gasteiger partial charge in [0.2, 0.25) is 0 Å². The van der Waals surface area contributed by atoms with Crippen molar-refractivity contribution in [2.45, 2.75) is 65.5 Å². The van der Waals surface area contributed by atoms with Crippen LogP contribution < -0.4 is 4.90 Å². The SMILES string of the molecule is Cc1cc(C)c(N2C(c3cccc(-c4cccc5sc(-c6cc(C(C)(C)C)cc(-c7ccccc7)c6O)nc45)c3)=N[C@H]3c4ccccc4C[C@H]32)c(C)c1. The van der Waals surface area contributed by atoms with E-state index in [1.807, 2.05) is 18.2 Å². The predicted molar refractivity (Wildman–Crippen MR) is 223 cm³/mol. The number of hydrogen-bond acceptors (Lipinski definition) is 5. The van der Waals surface area contributed by atoms with E-state index in [4.69, 9.17) is 9.98 Å². The van der Waals surface area contributed by atoms with E-state index in [9.17, 15) is 5.11 Å².